The second-order valence-corrected chi connectivity index (χ2v) is 4.50. The van der Waals surface area contributed by atoms with E-state index >= 15 is 0 Å². The van der Waals surface area contributed by atoms with Crippen molar-refractivity contribution in [1.82, 2.24) is 0 Å². The van der Waals surface area contributed by atoms with Gasteiger partial charge in [0, 0.05) is 5.56 Å². The summed E-state index contributed by atoms with van der Waals surface area (Å²) in [6.07, 6.45) is 0.587. The van der Waals surface area contributed by atoms with Crippen molar-refractivity contribution in [3.05, 3.63) is 42.5 Å². The quantitative estimate of drug-likeness (QED) is 0.312. The molecule has 2 atom stereocenters. The van der Waals surface area contributed by atoms with Crippen LogP contribution in [0.5, 0.6) is 5.75 Å². The molecule has 0 saturated carbocycles. The van der Waals surface area contributed by atoms with Gasteiger partial charge < -0.3 is 24.9 Å². The highest BCUT2D eigenvalue weighted by molar-refractivity contribution is 5.34. The summed E-state index contributed by atoms with van der Waals surface area (Å²) in [6, 6.07) is 7.37. The second kappa shape index (κ2) is 10.3. The first-order chi connectivity index (χ1) is 10.2. The van der Waals surface area contributed by atoms with Gasteiger partial charge in [0.15, 0.2) is 5.75 Å². The van der Waals surface area contributed by atoms with Crippen LogP contribution in [0, 0.1) is 0 Å². The van der Waals surface area contributed by atoms with Crippen LogP contribution in [0.3, 0.4) is 0 Å². The number of hydrogen-bond donors (Lipinski definition) is 3. The maximum Gasteiger partial charge on any atom is 0.168 e. The van der Waals surface area contributed by atoms with Gasteiger partial charge in [0.25, 0.3) is 0 Å². The Bertz CT molecular complexity index is 409. The van der Waals surface area contributed by atoms with E-state index in [9.17, 15) is 5.11 Å². The molecule has 0 saturated heterocycles. The first kappa shape index (κ1) is 17.6. The molecule has 6 nitrogen and oxygen atoms in total. The van der Waals surface area contributed by atoms with Crippen LogP contribution in [0.2, 0.25) is 0 Å². The Balaban J connectivity index is 2.25. The van der Waals surface area contributed by atoms with E-state index in [2.05, 4.69) is 6.58 Å². The van der Waals surface area contributed by atoms with Crippen LogP contribution in [0.15, 0.2) is 36.9 Å². The van der Waals surface area contributed by atoms with Crippen molar-refractivity contribution in [3.63, 3.8) is 0 Å². The molecule has 0 heterocycles. The lowest BCUT2D eigenvalue weighted by Crippen LogP contribution is -2.27. The first-order valence-electron chi connectivity index (χ1n) is 6.70. The van der Waals surface area contributed by atoms with Crippen LogP contribution in [-0.4, -0.2) is 54.0 Å². The highest BCUT2D eigenvalue weighted by Gasteiger charge is 2.09. The third-order valence-corrected chi connectivity index (χ3v) is 2.58. The average Bonchev–Trinajstić information content (AvgIpc) is 2.49. The molecular formula is C15H22O6. The Morgan fingerprint density at radius 1 is 1.10 bits per heavy atom. The summed E-state index contributed by atoms with van der Waals surface area (Å²) in [5.41, 5.74) is 0.935. The topological polar surface area (TPSA) is 88.4 Å². The van der Waals surface area contributed by atoms with E-state index in [0.717, 1.165) is 5.56 Å². The highest BCUT2D eigenvalue weighted by atomic mass is 17.2. The number of hydrogen-bond acceptors (Lipinski definition) is 6. The van der Waals surface area contributed by atoms with Gasteiger partial charge in [0.2, 0.25) is 0 Å². The van der Waals surface area contributed by atoms with Crippen LogP contribution in [0.1, 0.15) is 5.56 Å². The van der Waals surface area contributed by atoms with Gasteiger partial charge in [-0.25, -0.2) is 0 Å². The van der Waals surface area contributed by atoms with E-state index in [0.29, 0.717) is 12.2 Å². The number of allylic oxidation sites excluding steroid dienone is 1. The molecule has 1 aromatic rings. The molecule has 0 aliphatic heterocycles. The van der Waals surface area contributed by atoms with Gasteiger partial charge in [-0.3, -0.25) is 0 Å². The van der Waals surface area contributed by atoms with E-state index in [1.165, 1.54) is 0 Å². The van der Waals surface area contributed by atoms with Gasteiger partial charge in [-0.15, -0.1) is 6.58 Å². The Morgan fingerprint density at radius 2 is 1.81 bits per heavy atom. The number of rotatable bonds is 11. The minimum Gasteiger partial charge on any atom is -0.394 e. The molecule has 0 bridgehead atoms. The Kier molecular flexibility index (Phi) is 8.65. The smallest absolute Gasteiger partial charge is 0.168 e. The van der Waals surface area contributed by atoms with Crippen molar-refractivity contribution in [2.75, 3.05) is 26.4 Å². The molecule has 6 heteroatoms. The lowest BCUT2D eigenvalue weighted by molar-refractivity contribution is -0.228. The van der Waals surface area contributed by atoms with Gasteiger partial charge in [-0.05, 0) is 12.5 Å². The molecule has 0 fully saturated rings. The SMILES string of the molecule is C=CCc1ccccc1OOCC(O)COCC(O)CO. The molecule has 1 rings (SSSR count). The third kappa shape index (κ3) is 7.22. The molecule has 1 aromatic carbocycles. The predicted octanol–water partition coefficient (Wildman–Crippen LogP) is 0.456. The first-order valence-corrected chi connectivity index (χ1v) is 6.70. The van der Waals surface area contributed by atoms with E-state index in [1.54, 1.807) is 12.1 Å². The molecule has 0 aliphatic rings. The average molecular weight is 298 g/mol. The van der Waals surface area contributed by atoms with Gasteiger partial charge in [0.1, 0.15) is 18.8 Å². The maximum atomic E-state index is 9.60. The van der Waals surface area contributed by atoms with Crippen molar-refractivity contribution in [3.8, 4) is 5.75 Å². The number of para-hydroxylation sites is 1. The Labute approximate surface area is 124 Å². The molecule has 0 amide bonds. The van der Waals surface area contributed by atoms with Gasteiger partial charge >= 0.3 is 0 Å². The third-order valence-electron chi connectivity index (χ3n) is 2.58. The van der Waals surface area contributed by atoms with Crippen molar-refractivity contribution >= 4 is 0 Å². The second-order valence-electron chi connectivity index (χ2n) is 4.50. The van der Waals surface area contributed by atoms with E-state index < -0.39 is 12.2 Å². The van der Waals surface area contributed by atoms with Crippen molar-refractivity contribution in [2.45, 2.75) is 18.6 Å². The molecule has 0 radical (unpaired) electrons. The van der Waals surface area contributed by atoms with Crippen LogP contribution in [-0.2, 0) is 16.0 Å². The van der Waals surface area contributed by atoms with Crippen molar-refractivity contribution in [2.24, 2.45) is 0 Å². The Morgan fingerprint density at radius 3 is 2.52 bits per heavy atom. The standard InChI is InChI=1S/C15H22O6/c1-2-5-12-6-3-4-7-15(12)21-20-11-14(18)10-19-9-13(17)8-16/h2-4,6-7,13-14,16-18H,1,5,8-11H2. The summed E-state index contributed by atoms with van der Waals surface area (Å²) >= 11 is 0. The zero-order valence-corrected chi connectivity index (χ0v) is 11.9. The summed E-state index contributed by atoms with van der Waals surface area (Å²) in [4.78, 5) is 10.1. The maximum absolute atomic E-state index is 9.60. The van der Waals surface area contributed by atoms with Gasteiger partial charge in [-0.1, -0.05) is 24.3 Å². The number of benzene rings is 1. The van der Waals surface area contributed by atoms with Crippen LogP contribution in [0.25, 0.3) is 0 Å². The predicted molar refractivity (Wildman–Crippen MR) is 76.8 cm³/mol. The van der Waals surface area contributed by atoms with Crippen LogP contribution >= 0.6 is 0 Å². The monoisotopic (exact) mass is 298 g/mol. The highest BCUT2D eigenvalue weighted by Crippen LogP contribution is 2.18. The normalized spacial score (nSPS) is 13.7. The molecular weight excluding hydrogens is 276 g/mol. The van der Waals surface area contributed by atoms with Crippen LogP contribution in [0.4, 0.5) is 0 Å². The molecule has 0 spiro atoms. The van der Waals surface area contributed by atoms with Gasteiger partial charge in [0.05, 0.1) is 19.8 Å². The minimum absolute atomic E-state index is 0.0191. The fourth-order valence-electron chi connectivity index (χ4n) is 1.53. The number of aliphatic hydroxyl groups excluding tert-OH is 3. The summed E-state index contributed by atoms with van der Waals surface area (Å²) in [5.74, 6) is 0.571. The van der Waals surface area contributed by atoms with E-state index in [-0.39, 0.29) is 26.4 Å². The fraction of sp³-hybridized carbons (Fsp3) is 0.467. The molecule has 0 aliphatic carbocycles. The minimum atomic E-state index is -0.944. The summed E-state index contributed by atoms with van der Waals surface area (Å²) in [5, 5.41) is 27.2. The number of ether oxygens (including phenoxy) is 1. The zero-order chi connectivity index (χ0) is 15.5. The molecule has 21 heavy (non-hydrogen) atoms. The van der Waals surface area contributed by atoms with Crippen LogP contribution < -0.4 is 4.89 Å². The number of aliphatic hydroxyl groups is 3. The molecule has 3 N–H and O–H groups in total. The van der Waals surface area contributed by atoms with E-state index in [4.69, 9.17) is 24.7 Å². The lowest BCUT2D eigenvalue weighted by Gasteiger charge is -2.14. The molecule has 0 aromatic heterocycles. The molecule has 118 valence electrons. The summed E-state index contributed by atoms with van der Waals surface area (Å²) in [7, 11) is 0. The lowest BCUT2D eigenvalue weighted by atomic mass is 10.1. The Hall–Kier alpha value is -1.44. The molecule has 2 unspecified atom stereocenters. The summed E-state index contributed by atoms with van der Waals surface area (Å²) < 4.78 is 5.00. The fourth-order valence-corrected chi connectivity index (χ4v) is 1.53. The largest absolute Gasteiger partial charge is 0.394 e. The van der Waals surface area contributed by atoms with Crippen molar-refractivity contribution in [1.29, 1.82) is 0 Å². The zero-order valence-electron chi connectivity index (χ0n) is 11.9. The van der Waals surface area contributed by atoms with Crippen molar-refractivity contribution < 1.29 is 29.8 Å². The summed E-state index contributed by atoms with van der Waals surface area (Å²) in [6.45, 7) is 3.15. The van der Waals surface area contributed by atoms with E-state index in [1.807, 2.05) is 18.2 Å². The van der Waals surface area contributed by atoms with Gasteiger partial charge in [-0.2, -0.15) is 4.89 Å².